The molecule has 7 nitrogen and oxygen atoms in total. The molecule has 1 saturated heterocycles. The number of hydrogen-bond acceptors (Lipinski definition) is 2. The van der Waals surface area contributed by atoms with Crippen LogP contribution < -0.4 is 0 Å². The van der Waals surface area contributed by atoms with Crippen molar-refractivity contribution in [2.75, 3.05) is 27.2 Å². The van der Waals surface area contributed by atoms with Gasteiger partial charge < -0.3 is 9.80 Å². The molecule has 0 N–H and O–H groups in total. The van der Waals surface area contributed by atoms with Crippen molar-refractivity contribution in [2.45, 2.75) is 19.3 Å². The maximum atomic E-state index is 12.6. The normalized spacial score (nSPS) is 27.5. The fourth-order valence-corrected chi connectivity index (χ4v) is 4.46. The number of rotatable bonds is 3. The molecule has 132 valence electrons. The van der Waals surface area contributed by atoms with Crippen LogP contribution in [0.1, 0.15) is 18.4 Å². The molecule has 2 fully saturated rings. The molecule has 1 aromatic rings. The molecule has 0 aromatic heterocycles. The molecule has 3 rings (SSSR count). The van der Waals surface area contributed by atoms with Gasteiger partial charge in [-0.15, -0.1) is 0 Å². The summed E-state index contributed by atoms with van der Waals surface area (Å²) < 4.78 is 0. The third-order valence-corrected chi connectivity index (χ3v) is 5.51. The van der Waals surface area contributed by atoms with Gasteiger partial charge in [0.15, 0.2) is 0 Å². The summed E-state index contributed by atoms with van der Waals surface area (Å²) in [6, 6.07) is 9.87. The second-order valence-electron chi connectivity index (χ2n) is 7.45. The number of likely N-dealkylation sites (tertiary alicyclic amines) is 1. The Bertz CT molecular complexity index is 697. The molecule has 3 atom stereocenters. The van der Waals surface area contributed by atoms with Gasteiger partial charge in [-0.3, -0.25) is 4.79 Å². The van der Waals surface area contributed by atoms with Crippen LogP contribution in [0.2, 0.25) is 0 Å². The molecule has 0 bridgehead atoms. The molecule has 1 aromatic carbocycles. The fraction of sp³-hybridized carbons (Fsp3) is 0.556. The molecule has 1 heterocycles. The Morgan fingerprint density at radius 1 is 1.24 bits per heavy atom. The maximum Gasteiger partial charge on any atom is 0.319 e. The van der Waals surface area contributed by atoms with Crippen LogP contribution in [-0.2, 0) is 11.2 Å². The summed E-state index contributed by atoms with van der Waals surface area (Å²) in [7, 11) is 3.50. The number of azide groups is 1. The van der Waals surface area contributed by atoms with Crippen molar-refractivity contribution < 1.29 is 9.59 Å². The Labute approximate surface area is 147 Å². The van der Waals surface area contributed by atoms with E-state index in [0.717, 1.165) is 5.56 Å². The number of urea groups is 1. The number of fused-ring (bicyclic) bond motifs is 1. The summed E-state index contributed by atoms with van der Waals surface area (Å²) in [4.78, 5) is 31.0. The number of amides is 3. The first-order valence-electron chi connectivity index (χ1n) is 8.55. The van der Waals surface area contributed by atoms with Crippen molar-refractivity contribution in [1.29, 1.82) is 0 Å². The van der Waals surface area contributed by atoms with Gasteiger partial charge in [-0.25, -0.2) is 4.79 Å². The maximum absolute atomic E-state index is 12.6. The van der Waals surface area contributed by atoms with Crippen LogP contribution in [0.25, 0.3) is 10.4 Å². The zero-order valence-corrected chi connectivity index (χ0v) is 14.6. The van der Waals surface area contributed by atoms with Crippen LogP contribution in [0, 0.1) is 17.3 Å². The van der Waals surface area contributed by atoms with Gasteiger partial charge in [0.1, 0.15) is 0 Å². The Morgan fingerprint density at radius 3 is 2.36 bits per heavy atom. The molecule has 3 amide bonds. The van der Waals surface area contributed by atoms with Crippen molar-refractivity contribution in [3.63, 3.8) is 0 Å². The molecule has 1 aliphatic heterocycles. The lowest BCUT2D eigenvalue weighted by atomic mass is 9.78. The highest BCUT2D eigenvalue weighted by atomic mass is 16.2. The average Bonchev–Trinajstić information content (AvgIpc) is 3.11. The minimum absolute atomic E-state index is 0.0180. The lowest BCUT2D eigenvalue weighted by Crippen LogP contribution is -2.39. The first kappa shape index (κ1) is 17.3. The van der Waals surface area contributed by atoms with E-state index in [2.05, 4.69) is 10.0 Å². The van der Waals surface area contributed by atoms with E-state index in [9.17, 15) is 9.59 Å². The summed E-state index contributed by atoms with van der Waals surface area (Å²) in [5, 5.41) is 3.44. The van der Waals surface area contributed by atoms with Crippen molar-refractivity contribution in [1.82, 2.24) is 9.80 Å². The summed E-state index contributed by atoms with van der Waals surface area (Å²) in [5.41, 5.74) is 9.17. The fourth-order valence-electron chi connectivity index (χ4n) is 4.46. The van der Waals surface area contributed by atoms with Crippen LogP contribution in [-0.4, -0.2) is 48.9 Å². The Morgan fingerprint density at radius 2 is 1.84 bits per heavy atom. The molecule has 2 aliphatic rings. The molecule has 1 unspecified atom stereocenters. The summed E-state index contributed by atoms with van der Waals surface area (Å²) in [6.07, 6.45) is 1.92. The van der Waals surface area contributed by atoms with Crippen LogP contribution >= 0.6 is 0 Å². The Hall–Kier alpha value is -2.53. The van der Waals surface area contributed by atoms with Gasteiger partial charge in [0.2, 0.25) is 5.91 Å². The molecular weight excluding hydrogens is 318 g/mol. The van der Waals surface area contributed by atoms with Crippen molar-refractivity contribution >= 4 is 11.9 Å². The second-order valence-corrected chi connectivity index (χ2v) is 7.45. The average molecular weight is 341 g/mol. The third-order valence-electron chi connectivity index (χ3n) is 5.51. The van der Waals surface area contributed by atoms with E-state index in [4.69, 9.17) is 5.53 Å². The lowest BCUT2D eigenvalue weighted by Gasteiger charge is -2.29. The van der Waals surface area contributed by atoms with Crippen LogP contribution in [0.3, 0.4) is 0 Å². The van der Waals surface area contributed by atoms with Crippen LogP contribution in [0.5, 0.6) is 0 Å². The molecule has 0 radical (unpaired) electrons. The number of benzene rings is 1. The topological polar surface area (TPSA) is 89.4 Å². The van der Waals surface area contributed by atoms with E-state index in [1.165, 1.54) is 0 Å². The van der Waals surface area contributed by atoms with E-state index in [0.29, 0.717) is 32.4 Å². The third kappa shape index (κ3) is 3.33. The molecule has 7 heteroatoms. The minimum Gasteiger partial charge on any atom is -0.331 e. The molecule has 0 spiro atoms. The standard InChI is InChI=1S/C18H23N5O2/c1-22(2)17(25)23-11-14-9-18(10-15(14)12-23,16(24)20-21-19)8-13-6-4-3-5-7-13/h3-7,14-15H,8-12H2,1-2H3/t14-,15+,18?. The van der Waals surface area contributed by atoms with E-state index in [1.54, 1.807) is 19.0 Å². The zero-order chi connectivity index (χ0) is 18.0. The smallest absolute Gasteiger partial charge is 0.319 e. The van der Waals surface area contributed by atoms with E-state index in [1.807, 2.05) is 35.2 Å². The zero-order valence-electron chi connectivity index (χ0n) is 14.6. The van der Waals surface area contributed by atoms with Crippen LogP contribution in [0.15, 0.2) is 35.4 Å². The van der Waals surface area contributed by atoms with E-state index < -0.39 is 5.41 Å². The van der Waals surface area contributed by atoms with Gasteiger partial charge in [-0.1, -0.05) is 30.3 Å². The molecular formula is C18H23N5O2. The van der Waals surface area contributed by atoms with Gasteiger partial charge in [-0.05, 0) is 47.3 Å². The molecule has 1 aliphatic carbocycles. The lowest BCUT2D eigenvalue weighted by molar-refractivity contribution is -0.127. The van der Waals surface area contributed by atoms with Gasteiger partial charge in [0, 0.05) is 37.5 Å². The van der Waals surface area contributed by atoms with Gasteiger partial charge in [0.25, 0.3) is 0 Å². The number of carbonyl (C=O) groups is 2. The minimum atomic E-state index is -0.643. The highest BCUT2D eigenvalue weighted by Crippen LogP contribution is 2.51. The largest absolute Gasteiger partial charge is 0.331 e. The number of nitrogens with zero attached hydrogens (tertiary/aromatic N) is 5. The summed E-state index contributed by atoms with van der Waals surface area (Å²) in [6.45, 7) is 1.34. The predicted molar refractivity (Wildman–Crippen MR) is 93.6 cm³/mol. The summed E-state index contributed by atoms with van der Waals surface area (Å²) >= 11 is 0. The van der Waals surface area contributed by atoms with Crippen molar-refractivity contribution in [3.8, 4) is 0 Å². The van der Waals surface area contributed by atoms with Crippen molar-refractivity contribution in [3.05, 3.63) is 46.3 Å². The van der Waals surface area contributed by atoms with Crippen molar-refractivity contribution in [2.24, 2.45) is 22.4 Å². The SMILES string of the molecule is CN(C)C(=O)N1C[C@@H]2CC(Cc3ccccc3)(C(=O)N=[N+]=[N-])C[C@@H]2C1. The van der Waals surface area contributed by atoms with Gasteiger partial charge in [0.05, 0.1) is 0 Å². The van der Waals surface area contributed by atoms with Gasteiger partial charge in [-0.2, -0.15) is 0 Å². The highest BCUT2D eigenvalue weighted by molar-refractivity contribution is 5.84. The summed E-state index contributed by atoms with van der Waals surface area (Å²) in [5.74, 6) is 0.203. The van der Waals surface area contributed by atoms with E-state index in [-0.39, 0.29) is 23.8 Å². The molecule has 25 heavy (non-hydrogen) atoms. The number of hydrogen-bond donors (Lipinski definition) is 0. The predicted octanol–water partition coefficient (Wildman–Crippen LogP) is 3.08. The van der Waals surface area contributed by atoms with Gasteiger partial charge >= 0.3 is 6.03 Å². The highest BCUT2D eigenvalue weighted by Gasteiger charge is 2.53. The Kier molecular flexibility index (Phi) is 4.68. The second kappa shape index (κ2) is 6.76. The Balaban J connectivity index is 1.80. The molecule has 1 saturated carbocycles. The van der Waals surface area contributed by atoms with E-state index >= 15 is 0 Å². The quantitative estimate of drug-likeness (QED) is 0.480. The van der Waals surface area contributed by atoms with Crippen LogP contribution in [0.4, 0.5) is 4.79 Å². The monoisotopic (exact) mass is 341 g/mol. The first-order valence-corrected chi connectivity index (χ1v) is 8.55. The number of carbonyl (C=O) groups excluding carboxylic acids is 2. The first-order chi connectivity index (χ1) is 11.9.